The van der Waals surface area contributed by atoms with E-state index in [1.54, 1.807) is 10.9 Å². The zero-order valence-corrected chi connectivity index (χ0v) is 11.5. The molecule has 0 saturated heterocycles. The molecule has 0 bridgehead atoms. The Hall–Kier alpha value is -2.34. The molecule has 0 spiro atoms. The molecule has 2 rings (SSSR count). The Labute approximate surface area is 118 Å². The average molecular weight is 273 g/mol. The topological polar surface area (TPSA) is 90.2 Å². The van der Waals surface area contributed by atoms with Crippen LogP contribution in [-0.4, -0.2) is 27.1 Å². The number of amides is 1. The van der Waals surface area contributed by atoms with Crippen LogP contribution in [0, 0.1) is 0 Å². The second-order valence-corrected chi connectivity index (χ2v) is 4.83. The predicted octanol–water partition coefficient (Wildman–Crippen LogP) is 0.490. The van der Waals surface area contributed by atoms with Crippen LogP contribution >= 0.6 is 0 Å². The Morgan fingerprint density at radius 3 is 2.70 bits per heavy atom. The number of anilines is 1. The van der Waals surface area contributed by atoms with Crippen LogP contribution in [0.3, 0.4) is 0 Å². The van der Waals surface area contributed by atoms with Crippen molar-refractivity contribution in [3.05, 3.63) is 47.8 Å². The van der Waals surface area contributed by atoms with Gasteiger partial charge in [0.15, 0.2) is 0 Å². The lowest BCUT2D eigenvalue weighted by molar-refractivity contribution is -0.119. The van der Waals surface area contributed by atoms with E-state index < -0.39 is 0 Å². The zero-order valence-electron chi connectivity index (χ0n) is 11.5. The number of para-hydroxylation sites is 1. The molecule has 4 N–H and O–H groups in total. The maximum absolute atomic E-state index is 11.2. The second-order valence-electron chi connectivity index (χ2n) is 4.83. The number of rotatable bonds is 6. The molecule has 0 aliphatic carbocycles. The van der Waals surface area contributed by atoms with Crippen LogP contribution in [0.25, 0.3) is 0 Å². The van der Waals surface area contributed by atoms with Crippen molar-refractivity contribution in [2.24, 2.45) is 12.8 Å². The Morgan fingerprint density at radius 1 is 1.35 bits per heavy atom. The second kappa shape index (κ2) is 6.21. The van der Waals surface area contributed by atoms with E-state index in [4.69, 9.17) is 11.5 Å². The summed E-state index contributed by atoms with van der Waals surface area (Å²) in [5, 5.41) is 4.12. The van der Waals surface area contributed by atoms with Crippen LogP contribution in [0.2, 0.25) is 0 Å². The van der Waals surface area contributed by atoms with Gasteiger partial charge >= 0.3 is 0 Å². The van der Waals surface area contributed by atoms with Crippen molar-refractivity contribution >= 4 is 11.6 Å². The molecular weight excluding hydrogens is 254 g/mol. The summed E-state index contributed by atoms with van der Waals surface area (Å²) in [5.41, 5.74) is 14.0. The molecule has 1 aromatic heterocycles. The van der Waals surface area contributed by atoms with E-state index in [9.17, 15) is 4.79 Å². The van der Waals surface area contributed by atoms with E-state index in [1.807, 2.05) is 42.4 Å². The number of hydrogen-bond donors (Lipinski definition) is 2. The molecule has 6 heteroatoms. The zero-order chi connectivity index (χ0) is 14.5. The third-order valence-corrected chi connectivity index (χ3v) is 2.99. The molecule has 0 unspecified atom stereocenters. The number of benzene rings is 1. The molecule has 0 atom stereocenters. The number of nitrogen functional groups attached to an aromatic ring is 1. The minimum atomic E-state index is -0.358. The van der Waals surface area contributed by atoms with Gasteiger partial charge in [0.05, 0.1) is 12.7 Å². The minimum absolute atomic E-state index is 0.184. The first kappa shape index (κ1) is 14.1. The van der Waals surface area contributed by atoms with Gasteiger partial charge < -0.3 is 11.5 Å². The number of aryl methyl sites for hydroxylation is 1. The molecule has 1 amide bonds. The Balaban J connectivity index is 2.11. The highest BCUT2D eigenvalue weighted by Gasteiger charge is 2.12. The van der Waals surface area contributed by atoms with Crippen molar-refractivity contribution in [2.75, 3.05) is 12.3 Å². The monoisotopic (exact) mass is 273 g/mol. The van der Waals surface area contributed by atoms with E-state index in [0.29, 0.717) is 18.8 Å². The molecule has 20 heavy (non-hydrogen) atoms. The Bertz CT molecular complexity index is 593. The normalized spacial score (nSPS) is 10.9. The van der Waals surface area contributed by atoms with Crippen molar-refractivity contribution < 1.29 is 4.79 Å². The van der Waals surface area contributed by atoms with Crippen LogP contribution in [0.1, 0.15) is 11.1 Å². The van der Waals surface area contributed by atoms with Crippen LogP contribution in [-0.2, 0) is 24.9 Å². The number of aromatic nitrogens is 2. The van der Waals surface area contributed by atoms with Gasteiger partial charge in [-0.2, -0.15) is 5.10 Å². The SMILES string of the molecule is Cn1cc(CN(CC(N)=O)Cc2ccccc2N)cn1. The molecule has 0 saturated carbocycles. The number of carbonyl (C=O) groups excluding carboxylic acids is 1. The third-order valence-electron chi connectivity index (χ3n) is 2.99. The van der Waals surface area contributed by atoms with Crippen LogP contribution in [0.5, 0.6) is 0 Å². The molecule has 106 valence electrons. The van der Waals surface area contributed by atoms with E-state index in [1.165, 1.54) is 0 Å². The molecule has 6 nitrogen and oxygen atoms in total. The number of nitrogens with two attached hydrogens (primary N) is 2. The summed E-state index contributed by atoms with van der Waals surface area (Å²) >= 11 is 0. The lowest BCUT2D eigenvalue weighted by Crippen LogP contribution is -2.33. The van der Waals surface area contributed by atoms with E-state index in [-0.39, 0.29) is 12.5 Å². The molecule has 1 aromatic carbocycles. The first-order chi connectivity index (χ1) is 9.54. The first-order valence-electron chi connectivity index (χ1n) is 6.36. The fraction of sp³-hybridized carbons (Fsp3) is 0.286. The maximum Gasteiger partial charge on any atom is 0.231 e. The highest BCUT2D eigenvalue weighted by molar-refractivity contribution is 5.75. The van der Waals surface area contributed by atoms with Gasteiger partial charge in [0.25, 0.3) is 0 Å². The van der Waals surface area contributed by atoms with Crippen LogP contribution in [0.4, 0.5) is 5.69 Å². The van der Waals surface area contributed by atoms with Crippen LogP contribution < -0.4 is 11.5 Å². The molecule has 0 fully saturated rings. The van der Waals surface area contributed by atoms with Gasteiger partial charge in [0.2, 0.25) is 5.91 Å². The minimum Gasteiger partial charge on any atom is -0.398 e. The number of nitrogens with zero attached hydrogens (tertiary/aromatic N) is 3. The molecule has 2 aromatic rings. The standard InChI is InChI=1S/C14H19N5O/c1-18-7-11(6-17-18)8-19(10-14(16)20)9-12-4-2-3-5-13(12)15/h2-7H,8-10,15H2,1H3,(H2,16,20). The van der Waals surface area contributed by atoms with Gasteiger partial charge in [0.1, 0.15) is 0 Å². The van der Waals surface area contributed by atoms with Crippen molar-refractivity contribution in [3.8, 4) is 0 Å². The summed E-state index contributed by atoms with van der Waals surface area (Å²) in [6.07, 6.45) is 3.70. The van der Waals surface area contributed by atoms with E-state index >= 15 is 0 Å². The largest absolute Gasteiger partial charge is 0.398 e. The van der Waals surface area contributed by atoms with E-state index in [2.05, 4.69) is 5.10 Å². The first-order valence-corrected chi connectivity index (χ1v) is 6.36. The smallest absolute Gasteiger partial charge is 0.231 e. The van der Waals surface area contributed by atoms with Gasteiger partial charge in [0, 0.05) is 37.6 Å². The van der Waals surface area contributed by atoms with Gasteiger partial charge in [-0.25, -0.2) is 0 Å². The van der Waals surface area contributed by atoms with E-state index in [0.717, 1.165) is 11.1 Å². The summed E-state index contributed by atoms with van der Waals surface area (Å²) in [4.78, 5) is 13.2. The van der Waals surface area contributed by atoms with Crippen LogP contribution in [0.15, 0.2) is 36.7 Å². The summed E-state index contributed by atoms with van der Waals surface area (Å²) in [5.74, 6) is -0.358. The molecular formula is C14H19N5O. The Kier molecular flexibility index (Phi) is 4.37. The Morgan fingerprint density at radius 2 is 2.10 bits per heavy atom. The lowest BCUT2D eigenvalue weighted by Gasteiger charge is -2.20. The van der Waals surface area contributed by atoms with Gasteiger partial charge in [-0.1, -0.05) is 18.2 Å². The molecule has 0 aliphatic rings. The van der Waals surface area contributed by atoms with Gasteiger partial charge in [-0.05, 0) is 11.6 Å². The average Bonchev–Trinajstić information content (AvgIpc) is 2.77. The molecule has 0 radical (unpaired) electrons. The molecule has 1 heterocycles. The lowest BCUT2D eigenvalue weighted by atomic mass is 10.1. The number of carbonyl (C=O) groups is 1. The summed E-state index contributed by atoms with van der Waals surface area (Å²) < 4.78 is 1.73. The summed E-state index contributed by atoms with van der Waals surface area (Å²) in [6.45, 7) is 1.36. The van der Waals surface area contributed by atoms with Gasteiger partial charge in [-0.15, -0.1) is 0 Å². The highest BCUT2D eigenvalue weighted by atomic mass is 16.1. The van der Waals surface area contributed by atoms with Crippen molar-refractivity contribution in [3.63, 3.8) is 0 Å². The summed E-state index contributed by atoms with van der Waals surface area (Å²) in [6, 6.07) is 7.62. The predicted molar refractivity (Wildman–Crippen MR) is 77.4 cm³/mol. The third kappa shape index (κ3) is 3.83. The quantitative estimate of drug-likeness (QED) is 0.749. The van der Waals surface area contributed by atoms with Crippen molar-refractivity contribution in [1.29, 1.82) is 0 Å². The number of primary amides is 1. The fourth-order valence-electron chi connectivity index (χ4n) is 2.12. The number of hydrogen-bond acceptors (Lipinski definition) is 4. The maximum atomic E-state index is 11.2. The summed E-state index contributed by atoms with van der Waals surface area (Å²) in [7, 11) is 1.86. The highest BCUT2D eigenvalue weighted by Crippen LogP contribution is 2.15. The fourth-order valence-corrected chi connectivity index (χ4v) is 2.12. The van der Waals surface area contributed by atoms with Crippen molar-refractivity contribution in [1.82, 2.24) is 14.7 Å². The molecule has 0 aliphatic heterocycles. The van der Waals surface area contributed by atoms with Crippen molar-refractivity contribution in [2.45, 2.75) is 13.1 Å². The van der Waals surface area contributed by atoms with Gasteiger partial charge in [-0.3, -0.25) is 14.4 Å².